The molecule has 4 N–H and O–H groups in total. The number of aryl methyl sites for hydroxylation is 2. The van der Waals surface area contributed by atoms with E-state index in [1.54, 1.807) is 0 Å². The minimum absolute atomic E-state index is 0.0263. The number of carboxylic acids is 1. The Balaban J connectivity index is 0.658. The SMILES string of the molecule is Cc1cc(O[C@@H]2C=C/C(=C/CCCN3CCN(c4ccc5c(C6CCC(O)NC6=O)nn(C)c5c4)CC3)CC2)ccc1-c1ccc(N2CCc3cccc(C(=O)Nc4nc5ccccc5s4)c3C2)nc1C(=O)O. The number of hydrogen-bond acceptors (Lipinski definition) is 12. The number of ether oxygens (including phenoxy) is 1. The fourth-order valence-electron chi connectivity index (χ4n) is 10.9. The number of carbonyl (C=O) groups is 3. The zero-order valence-electron chi connectivity index (χ0n) is 41.1. The van der Waals surface area contributed by atoms with Gasteiger partial charge in [0.1, 0.15) is 23.9 Å². The van der Waals surface area contributed by atoms with Gasteiger partial charge in [-0.25, -0.2) is 14.8 Å². The summed E-state index contributed by atoms with van der Waals surface area (Å²) in [5.41, 5.74) is 9.86. The van der Waals surface area contributed by atoms with Crippen LogP contribution in [0.1, 0.15) is 87.7 Å². The van der Waals surface area contributed by atoms with Gasteiger partial charge >= 0.3 is 5.97 Å². The van der Waals surface area contributed by atoms with E-state index in [9.17, 15) is 24.6 Å². The molecule has 0 spiro atoms. The number of thiazole rings is 1. The summed E-state index contributed by atoms with van der Waals surface area (Å²) in [6.07, 6.45) is 11.6. The zero-order chi connectivity index (χ0) is 50.2. The number of piperidine rings is 1. The number of aliphatic hydroxyl groups excluding tert-OH is 1. The molecule has 0 radical (unpaired) electrons. The van der Waals surface area contributed by atoms with Gasteiger partial charge in [0.2, 0.25) is 5.91 Å². The van der Waals surface area contributed by atoms with Gasteiger partial charge in [-0.05, 0) is 147 Å². The first kappa shape index (κ1) is 47.9. The van der Waals surface area contributed by atoms with Crippen LogP contribution in [0.4, 0.5) is 16.6 Å². The number of amides is 2. The van der Waals surface area contributed by atoms with E-state index in [1.807, 2.05) is 96.3 Å². The van der Waals surface area contributed by atoms with E-state index in [0.717, 1.165) is 113 Å². The number of hydrogen-bond donors (Lipinski definition) is 4. The number of rotatable bonds is 13. The zero-order valence-corrected chi connectivity index (χ0v) is 41.9. The molecule has 16 heteroatoms. The maximum Gasteiger partial charge on any atom is 0.355 e. The number of carboxylic acid groups (broad SMARTS) is 1. The van der Waals surface area contributed by atoms with Gasteiger partial charge in [-0.1, -0.05) is 59.4 Å². The van der Waals surface area contributed by atoms with Gasteiger partial charge in [0.15, 0.2) is 10.8 Å². The Hall–Kier alpha value is -7.40. The van der Waals surface area contributed by atoms with Crippen molar-refractivity contribution >= 4 is 66.9 Å². The molecule has 2 amide bonds. The number of fused-ring (bicyclic) bond motifs is 3. The Morgan fingerprint density at radius 1 is 0.904 bits per heavy atom. The minimum atomic E-state index is -1.11. The van der Waals surface area contributed by atoms with Crippen molar-refractivity contribution < 1.29 is 29.3 Å². The van der Waals surface area contributed by atoms with Gasteiger partial charge in [0, 0.05) is 68.5 Å². The van der Waals surface area contributed by atoms with Crippen molar-refractivity contribution in [1.82, 2.24) is 30.0 Å². The van der Waals surface area contributed by atoms with Crippen molar-refractivity contribution in [2.24, 2.45) is 7.05 Å². The lowest BCUT2D eigenvalue weighted by molar-refractivity contribution is -0.128. The average molecular weight is 998 g/mol. The Morgan fingerprint density at radius 2 is 1.75 bits per heavy atom. The number of allylic oxidation sites excluding steroid dienone is 3. The fourth-order valence-corrected chi connectivity index (χ4v) is 11.7. The van der Waals surface area contributed by atoms with E-state index in [1.165, 1.54) is 22.6 Å². The van der Waals surface area contributed by atoms with Crippen LogP contribution in [0.15, 0.2) is 115 Å². The molecule has 2 fully saturated rings. The van der Waals surface area contributed by atoms with Gasteiger partial charge in [-0.2, -0.15) is 5.10 Å². The topological polar surface area (TPSA) is 178 Å². The van der Waals surface area contributed by atoms with Crippen LogP contribution in [0.2, 0.25) is 0 Å². The van der Waals surface area contributed by atoms with E-state index in [2.05, 4.69) is 61.8 Å². The maximum absolute atomic E-state index is 13.6. The second-order valence-electron chi connectivity index (χ2n) is 19.6. The smallest absolute Gasteiger partial charge is 0.355 e. The highest BCUT2D eigenvalue weighted by molar-refractivity contribution is 7.22. The molecule has 4 aromatic carbocycles. The van der Waals surface area contributed by atoms with E-state index in [-0.39, 0.29) is 29.5 Å². The molecule has 1 aliphatic carbocycles. The third kappa shape index (κ3) is 10.2. The number of unbranched alkanes of at least 4 members (excludes halogenated alkanes) is 1. The van der Waals surface area contributed by atoms with Crippen LogP contribution in [0.3, 0.4) is 0 Å². The van der Waals surface area contributed by atoms with Gasteiger partial charge in [-0.3, -0.25) is 24.5 Å². The maximum atomic E-state index is 13.6. The number of piperazine rings is 1. The van der Waals surface area contributed by atoms with E-state index in [0.29, 0.717) is 54.4 Å². The van der Waals surface area contributed by atoms with Gasteiger partial charge in [-0.15, -0.1) is 0 Å². The normalized spacial score (nSPS) is 19.8. The number of para-hydroxylation sites is 1. The largest absolute Gasteiger partial charge is 0.486 e. The number of nitrogens with one attached hydrogen (secondary N) is 2. The quantitative estimate of drug-likeness (QED) is 0.0808. The summed E-state index contributed by atoms with van der Waals surface area (Å²) in [4.78, 5) is 55.4. The van der Waals surface area contributed by atoms with Crippen molar-refractivity contribution in [2.75, 3.05) is 54.4 Å². The first-order valence-electron chi connectivity index (χ1n) is 25.4. The Bertz CT molecular complexity index is 3290. The van der Waals surface area contributed by atoms with Crippen LogP contribution >= 0.6 is 11.3 Å². The molecule has 3 aromatic heterocycles. The van der Waals surface area contributed by atoms with Crippen LogP contribution < -0.4 is 25.2 Å². The lowest BCUT2D eigenvalue weighted by Crippen LogP contribution is -2.46. The molecule has 3 atom stereocenters. The van der Waals surface area contributed by atoms with E-state index < -0.39 is 12.2 Å². The third-order valence-corrected chi connectivity index (χ3v) is 15.8. The molecule has 374 valence electrons. The second kappa shape index (κ2) is 20.6. The Labute approximate surface area is 427 Å². The lowest BCUT2D eigenvalue weighted by atomic mass is 9.92. The number of aliphatic hydroxyl groups is 1. The van der Waals surface area contributed by atoms with Crippen molar-refractivity contribution in [3.8, 4) is 16.9 Å². The fraction of sp³-hybridized carbons (Fsp3) is 0.333. The van der Waals surface area contributed by atoms with Crippen molar-refractivity contribution in [1.29, 1.82) is 0 Å². The molecule has 4 aliphatic rings. The number of carbonyl (C=O) groups excluding carboxylic acids is 2. The molecule has 2 unspecified atom stereocenters. The van der Waals surface area contributed by atoms with Crippen LogP contribution in [0.25, 0.3) is 32.2 Å². The highest BCUT2D eigenvalue weighted by Crippen LogP contribution is 2.36. The summed E-state index contributed by atoms with van der Waals surface area (Å²) < 4.78 is 9.31. The summed E-state index contributed by atoms with van der Waals surface area (Å²) in [6.45, 7) is 7.99. The standard InChI is InChI=1S/C57H59N9O6S/c1-35-32-40(18-20-41(35)42-21-23-50(59-53(42)56(70)71)66-27-25-37-9-7-10-43(46(37)34-66)54(68)61-57-58-47-11-3-4-12-49(47)73-57)72-39-16-13-36(14-17-39)8-5-6-26-64-28-30-65(31-29-64)38-15-19-44-48(33-38)63(2)62-52(44)45-22-24-51(67)60-55(45)69/h3-4,7-13,15-16,18-21,23,32-33,39,45,51,67H,5-6,14,17,22,24-31,34H2,1-2H3,(H,60,69)(H,70,71)(H,58,61,68)/b36-8-/t39-,45?,51?/m1/s1. The summed E-state index contributed by atoms with van der Waals surface area (Å²) in [6, 6.07) is 29.5. The average Bonchev–Trinajstić information content (AvgIpc) is 3.97. The predicted molar refractivity (Wildman–Crippen MR) is 286 cm³/mol. The summed E-state index contributed by atoms with van der Waals surface area (Å²) in [5.74, 6) is -0.572. The van der Waals surface area contributed by atoms with Crippen molar-refractivity contribution in [2.45, 2.75) is 76.7 Å². The second-order valence-corrected chi connectivity index (χ2v) is 20.6. The molecule has 2 saturated heterocycles. The Kier molecular flexibility index (Phi) is 13.5. The lowest BCUT2D eigenvalue weighted by Gasteiger charge is -2.36. The number of anilines is 3. The molecule has 11 rings (SSSR count). The van der Waals surface area contributed by atoms with Gasteiger partial charge in [0.25, 0.3) is 5.91 Å². The van der Waals surface area contributed by atoms with Crippen LogP contribution in [0.5, 0.6) is 5.75 Å². The molecule has 73 heavy (non-hydrogen) atoms. The molecule has 15 nitrogen and oxygen atoms in total. The molecule has 6 heterocycles. The van der Waals surface area contributed by atoms with Gasteiger partial charge < -0.3 is 30.1 Å². The number of benzene rings is 4. The summed E-state index contributed by atoms with van der Waals surface area (Å²) >= 11 is 1.43. The molecule has 7 aromatic rings. The van der Waals surface area contributed by atoms with Gasteiger partial charge in [0.05, 0.1) is 27.3 Å². The Morgan fingerprint density at radius 3 is 2.55 bits per heavy atom. The molecular weight excluding hydrogens is 939 g/mol. The van der Waals surface area contributed by atoms with Crippen molar-refractivity contribution in [3.05, 3.63) is 148 Å². The number of aromatic nitrogens is 4. The van der Waals surface area contributed by atoms with Crippen molar-refractivity contribution in [3.63, 3.8) is 0 Å². The molecule has 0 bridgehead atoms. The minimum Gasteiger partial charge on any atom is -0.486 e. The summed E-state index contributed by atoms with van der Waals surface area (Å²) in [5, 5.41) is 32.2. The molecule has 0 saturated carbocycles. The highest BCUT2D eigenvalue weighted by atomic mass is 32.1. The molecular formula is C57H59N9O6S. The van der Waals surface area contributed by atoms with E-state index >= 15 is 0 Å². The van der Waals surface area contributed by atoms with Crippen LogP contribution in [-0.2, 0) is 24.8 Å². The van der Waals surface area contributed by atoms with Crippen LogP contribution in [-0.4, -0.2) is 104 Å². The monoisotopic (exact) mass is 997 g/mol. The number of nitrogens with zero attached hydrogens (tertiary/aromatic N) is 7. The highest BCUT2D eigenvalue weighted by Gasteiger charge is 2.32. The summed E-state index contributed by atoms with van der Waals surface area (Å²) in [7, 11) is 1.93. The predicted octanol–water partition coefficient (Wildman–Crippen LogP) is 9.00. The number of pyridine rings is 1. The first-order valence-corrected chi connectivity index (χ1v) is 26.2. The van der Waals surface area contributed by atoms with Crippen LogP contribution in [0, 0.1) is 6.92 Å². The molecule has 3 aliphatic heterocycles. The number of aromatic carboxylic acids is 1. The third-order valence-electron chi connectivity index (χ3n) is 14.8. The van der Waals surface area contributed by atoms with E-state index in [4.69, 9.17) is 14.8 Å². The first-order chi connectivity index (χ1) is 35.5.